The van der Waals surface area contributed by atoms with Crippen molar-refractivity contribution in [1.29, 1.82) is 0 Å². The molecule has 0 saturated carbocycles. The number of nitrogens with one attached hydrogen (secondary N) is 1. The van der Waals surface area contributed by atoms with Crippen LogP contribution in [0.25, 0.3) is 5.69 Å². The number of hydrogen-bond acceptors (Lipinski definition) is 3. The first-order valence-corrected chi connectivity index (χ1v) is 6.68. The molecular formula is C14H17ClN4O. The van der Waals surface area contributed by atoms with Crippen molar-refractivity contribution in [2.45, 2.75) is 27.2 Å². The number of benzene rings is 1. The molecule has 0 aliphatic rings. The quantitative estimate of drug-likeness (QED) is 0.944. The van der Waals surface area contributed by atoms with Gasteiger partial charge < -0.3 is 5.32 Å². The van der Waals surface area contributed by atoms with Crippen LogP contribution in [0.1, 0.15) is 27.2 Å². The number of anilines is 1. The van der Waals surface area contributed by atoms with E-state index in [1.807, 2.05) is 20.8 Å². The first kappa shape index (κ1) is 14.5. The van der Waals surface area contributed by atoms with E-state index in [0.29, 0.717) is 22.8 Å². The Morgan fingerprint density at radius 2 is 2.15 bits per heavy atom. The average Bonchev–Trinajstić information content (AvgIpc) is 2.79. The Labute approximate surface area is 123 Å². The monoisotopic (exact) mass is 292 g/mol. The highest BCUT2D eigenvalue weighted by Crippen LogP contribution is 2.28. The molecule has 2 rings (SSSR count). The number of hydrogen-bond donors (Lipinski definition) is 1. The van der Waals surface area contributed by atoms with Crippen LogP contribution in [0, 0.1) is 5.41 Å². The van der Waals surface area contributed by atoms with E-state index >= 15 is 0 Å². The predicted octanol–water partition coefficient (Wildman–Crippen LogP) is 3.30. The molecule has 1 aromatic heterocycles. The van der Waals surface area contributed by atoms with Crippen LogP contribution in [-0.4, -0.2) is 20.7 Å². The van der Waals surface area contributed by atoms with Crippen molar-refractivity contribution in [2.75, 3.05) is 5.32 Å². The Bertz CT molecular complexity index is 602. The number of aromatic nitrogens is 3. The van der Waals surface area contributed by atoms with Gasteiger partial charge in [0.15, 0.2) is 0 Å². The molecule has 0 radical (unpaired) electrons. The lowest BCUT2D eigenvalue weighted by Crippen LogP contribution is -2.20. The Morgan fingerprint density at radius 3 is 2.75 bits per heavy atom. The molecule has 0 bridgehead atoms. The maximum atomic E-state index is 12.1. The van der Waals surface area contributed by atoms with Gasteiger partial charge in [0.25, 0.3) is 0 Å². The second-order valence-electron chi connectivity index (χ2n) is 5.76. The summed E-state index contributed by atoms with van der Waals surface area (Å²) in [5, 5.41) is 7.45. The molecule has 20 heavy (non-hydrogen) atoms. The van der Waals surface area contributed by atoms with E-state index in [0.717, 1.165) is 0 Å². The molecule has 0 spiro atoms. The van der Waals surface area contributed by atoms with E-state index in [-0.39, 0.29) is 11.3 Å². The minimum absolute atomic E-state index is 0.0545. The second-order valence-corrected chi connectivity index (χ2v) is 6.17. The highest BCUT2D eigenvalue weighted by atomic mass is 35.5. The number of halogens is 1. The lowest BCUT2D eigenvalue weighted by atomic mass is 9.92. The molecule has 0 fully saturated rings. The molecule has 0 atom stereocenters. The second kappa shape index (κ2) is 5.63. The topological polar surface area (TPSA) is 59.8 Å². The summed E-state index contributed by atoms with van der Waals surface area (Å²) < 4.78 is 1.54. The molecule has 0 aliphatic heterocycles. The third kappa shape index (κ3) is 3.57. The van der Waals surface area contributed by atoms with E-state index in [2.05, 4.69) is 15.4 Å². The van der Waals surface area contributed by atoms with Crippen molar-refractivity contribution >= 4 is 23.2 Å². The van der Waals surface area contributed by atoms with Gasteiger partial charge in [-0.25, -0.2) is 9.67 Å². The van der Waals surface area contributed by atoms with Crippen molar-refractivity contribution in [3.05, 3.63) is 35.9 Å². The smallest absolute Gasteiger partial charge is 0.224 e. The van der Waals surface area contributed by atoms with Crippen LogP contribution in [0.4, 0.5) is 5.69 Å². The molecule has 106 valence electrons. The van der Waals surface area contributed by atoms with Gasteiger partial charge in [0.05, 0.1) is 10.7 Å². The van der Waals surface area contributed by atoms with Crippen molar-refractivity contribution < 1.29 is 4.79 Å². The first-order valence-electron chi connectivity index (χ1n) is 6.30. The zero-order valence-electron chi connectivity index (χ0n) is 11.7. The molecule has 1 amide bonds. The van der Waals surface area contributed by atoms with Crippen LogP contribution < -0.4 is 5.32 Å². The third-order valence-electron chi connectivity index (χ3n) is 2.60. The van der Waals surface area contributed by atoms with Gasteiger partial charge in [0.1, 0.15) is 18.3 Å². The zero-order chi connectivity index (χ0) is 14.8. The normalized spacial score (nSPS) is 11.4. The summed E-state index contributed by atoms with van der Waals surface area (Å²) in [6.07, 6.45) is 3.39. The van der Waals surface area contributed by atoms with Gasteiger partial charge in [-0.3, -0.25) is 4.79 Å². The van der Waals surface area contributed by atoms with Gasteiger partial charge in [-0.2, -0.15) is 5.10 Å². The molecule has 1 aromatic carbocycles. The van der Waals surface area contributed by atoms with E-state index in [1.54, 1.807) is 24.5 Å². The van der Waals surface area contributed by atoms with E-state index < -0.39 is 0 Å². The third-order valence-corrected chi connectivity index (χ3v) is 2.90. The predicted molar refractivity (Wildman–Crippen MR) is 79.1 cm³/mol. The van der Waals surface area contributed by atoms with Gasteiger partial charge in [-0.1, -0.05) is 38.4 Å². The largest absolute Gasteiger partial charge is 0.324 e. The molecule has 1 N–H and O–H groups in total. The summed E-state index contributed by atoms with van der Waals surface area (Å²) in [5.41, 5.74) is 1.17. The lowest BCUT2D eigenvalue weighted by molar-refractivity contribution is -0.117. The molecule has 2 aromatic rings. The Balaban J connectivity index is 2.29. The summed E-state index contributed by atoms with van der Waals surface area (Å²) in [5.74, 6) is -0.0545. The van der Waals surface area contributed by atoms with Crippen LogP contribution in [0.3, 0.4) is 0 Å². The highest BCUT2D eigenvalue weighted by Gasteiger charge is 2.18. The van der Waals surface area contributed by atoms with Gasteiger partial charge >= 0.3 is 0 Å². The molecule has 0 unspecified atom stereocenters. The van der Waals surface area contributed by atoms with Crippen LogP contribution in [-0.2, 0) is 4.79 Å². The number of para-hydroxylation sites is 1. The van der Waals surface area contributed by atoms with Crippen molar-refractivity contribution in [1.82, 2.24) is 14.8 Å². The highest BCUT2D eigenvalue weighted by molar-refractivity contribution is 6.33. The molecule has 5 nitrogen and oxygen atoms in total. The number of nitrogens with zero attached hydrogens (tertiary/aromatic N) is 3. The fourth-order valence-corrected chi connectivity index (χ4v) is 2.11. The van der Waals surface area contributed by atoms with Gasteiger partial charge in [0.2, 0.25) is 5.91 Å². The fourth-order valence-electron chi connectivity index (χ4n) is 1.85. The van der Waals surface area contributed by atoms with Crippen LogP contribution >= 0.6 is 11.6 Å². The minimum atomic E-state index is -0.0733. The molecule has 6 heteroatoms. The van der Waals surface area contributed by atoms with E-state index in [1.165, 1.54) is 11.0 Å². The van der Waals surface area contributed by atoms with E-state index in [9.17, 15) is 4.79 Å². The fraction of sp³-hybridized carbons (Fsp3) is 0.357. The molecule has 1 heterocycles. The van der Waals surface area contributed by atoms with Crippen molar-refractivity contribution in [3.8, 4) is 5.69 Å². The van der Waals surface area contributed by atoms with Gasteiger partial charge in [-0.15, -0.1) is 0 Å². The first-order chi connectivity index (χ1) is 9.37. The SMILES string of the molecule is CC(C)(C)CC(=O)Nc1cccc(Cl)c1-n1cncn1. The number of rotatable bonds is 3. The zero-order valence-corrected chi connectivity index (χ0v) is 12.5. The number of carbonyl (C=O) groups excluding carboxylic acids is 1. The Kier molecular flexibility index (Phi) is 4.09. The Morgan fingerprint density at radius 1 is 1.40 bits per heavy atom. The van der Waals surface area contributed by atoms with Crippen molar-refractivity contribution in [2.24, 2.45) is 5.41 Å². The number of carbonyl (C=O) groups is 1. The summed E-state index contributed by atoms with van der Waals surface area (Å²) in [7, 11) is 0. The minimum Gasteiger partial charge on any atom is -0.324 e. The molecule has 0 aliphatic carbocycles. The maximum absolute atomic E-state index is 12.1. The summed E-state index contributed by atoms with van der Waals surface area (Å²) in [6, 6.07) is 5.33. The molecule has 0 saturated heterocycles. The summed E-state index contributed by atoms with van der Waals surface area (Å²) in [4.78, 5) is 16.0. The van der Waals surface area contributed by atoms with E-state index in [4.69, 9.17) is 11.6 Å². The average molecular weight is 293 g/mol. The van der Waals surface area contributed by atoms with Gasteiger partial charge in [-0.05, 0) is 17.5 Å². The van der Waals surface area contributed by atoms with Crippen molar-refractivity contribution in [3.63, 3.8) is 0 Å². The lowest BCUT2D eigenvalue weighted by Gasteiger charge is -2.18. The maximum Gasteiger partial charge on any atom is 0.224 e. The summed E-state index contributed by atoms with van der Waals surface area (Å²) >= 11 is 6.20. The Hall–Kier alpha value is -1.88. The molecular weight excluding hydrogens is 276 g/mol. The van der Waals surface area contributed by atoms with Crippen LogP contribution in [0.15, 0.2) is 30.9 Å². The standard InChI is InChI=1S/C14H17ClN4O/c1-14(2,3)7-12(20)18-11-6-4-5-10(15)13(11)19-9-16-8-17-19/h4-6,8-9H,7H2,1-3H3,(H,18,20). The number of amides is 1. The van der Waals surface area contributed by atoms with Crippen LogP contribution in [0.2, 0.25) is 5.02 Å². The summed E-state index contributed by atoms with van der Waals surface area (Å²) in [6.45, 7) is 6.05. The van der Waals surface area contributed by atoms with Crippen LogP contribution in [0.5, 0.6) is 0 Å². The van der Waals surface area contributed by atoms with Gasteiger partial charge in [0, 0.05) is 6.42 Å².